The van der Waals surface area contributed by atoms with Gasteiger partial charge in [0.25, 0.3) is 5.91 Å². The number of nitrogens with one attached hydrogen (secondary N) is 1. The molecule has 0 aromatic heterocycles. The van der Waals surface area contributed by atoms with E-state index in [2.05, 4.69) is 5.32 Å². The summed E-state index contributed by atoms with van der Waals surface area (Å²) in [6, 6.07) is 2.72. The third kappa shape index (κ3) is 4.38. The first kappa shape index (κ1) is 16.1. The average molecular weight is 309 g/mol. The second kappa shape index (κ2) is 7.15. The molecule has 4 nitrogen and oxygen atoms in total. The highest BCUT2D eigenvalue weighted by molar-refractivity contribution is 5.95. The zero-order chi connectivity index (χ0) is 16.1. The number of ether oxygens (including phenoxy) is 1. The molecule has 6 heteroatoms. The Morgan fingerprint density at radius 1 is 1.41 bits per heavy atom. The fraction of sp³-hybridized carbons (Fsp3) is 0.375. The summed E-state index contributed by atoms with van der Waals surface area (Å²) in [4.78, 5) is 23.6. The molecule has 0 saturated carbocycles. The Hall–Kier alpha value is -2.24. The summed E-state index contributed by atoms with van der Waals surface area (Å²) in [7, 11) is 0. The Morgan fingerprint density at radius 3 is 2.86 bits per heavy atom. The van der Waals surface area contributed by atoms with Gasteiger partial charge in [0.05, 0.1) is 12.1 Å². The van der Waals surface area contributed by atoms with Gasteiger partial charge in [-0.05, 0) is 37.8 Å². The molecule has 22 heavy (non-hydrogen) atoms. The lowest BCUT2D eigenvalue weighted by Crippen LogP contribution is -2.30. The molecule has 0 fully saturated rings. The van der Waals surface area contributed by atoms with Crippen LogP contribution in [0.4, 0.5) is 14.5 Å². The lowest BCUT2D eigenvalue weighted by Gasteiger charge is -2.15. The summed E-state index contributed by atoms with van der Waals surface area (Å²) in [6.45, 7) is 1.38. The molecule has 0 bridgehead atoms. The number of carbonyl (C=O) groups excluding carboxylic acids is 2. The number of allylic oxidation sites excluding steroid dienone is 2. The van der Waals surface area contributed by atoms with Gasteiger partial charge in [0.2, 0.25) is 0 Å². The van der Waals surface area contributed by atoms with Crippen molar-refractivity contribution in [3.63, 3.8) is 0 Å². The van der Waals surface area contributed by atoms with Gasteiger partial charge in [0, 0.05) is 6.07 Å². The number of hydrogen-bond donors (Lipinski definition) is 1. The fourth-order valence-corrected chi connectivity index (χ4v) is 2.21. The number of hydrogen-bond acceptors (Lipinski definition) is 3. The van der Waals surface area contributed by atoms with Crippen molar-refractivity contribution in [2.75, 3.05) is 5.32 Å². The van der Waals surface area contributed by atoms with Crippen LogP contribution in [0.25, 0.3) is 0 Å². The van der Waals surface area contributed by atoms with Gasteiger partial charge >= 0.3 is 5.97 Å². The van der Waals surface area contributed by atoms with Crippen LogP contribution in [0.1, 0.15) is 26.2 Å². The van der Waals surface area contributed by atoms with Gasteiger partial charge in [0.1, 0.15) is 11.6 Å². The Bertz CT molecular complexity index is 601. The SMILES string of the molecule is C[C@H](OC(=O)C[C@@H]1C=CCC1)C(=O)Nc1cc(F)ccc1F. The molecule has 1 aromatic rings. The Labute approximate surface area is 127 Å². The summed E-state index contributed by atoms with van der Waals surface area (Å²) in [5.74, 6) is -2.49. The lowest BCUT2D eigenvalue weighted by molar-refractivity contribution is -0.153. The Morgan fingerprint density at radius 2 is 2.18 bits per heavy atom. The maximum atomic E-state index is 13.4. The van der Waals surface area contributed by atoms with Crippen LogP contribution in [0.2, 0.25) is 0 Å². The number of esters is 1. The van der Waals surface area contributed by atoms with Gasteiger partial charge in [-0.1, -0.05) is 12.2 Å². The zero-order valence-electron chi connectivity index (χ0n) is 12.1. The molecule has 1 N–H and O–H groups in total. The summed E-state index contributed by atoms with van der Waals surface area (Å²) in [6.07, 6.45) is 4.91. The minimum Gasteiger partial charge on any atom is -0.453 e. The number of benzene rings is 1. The topological polar surface area (TPSA) is 55.4 Å². The lowest BCUT2D eigenvalue weighted by atomic mass is 10.1. The van der Waals surface area contributed by atoms with Crippen LogP contribution in [-0.2, 0) is 14.3 Å². The van der Waals surface area contributed by atoms with Crippen LogP contribution in [0.15, 0.2) is 30.4 Å². The highest BCUT2D eigenvalue weighted by Crippen LogP contribution is 2.21. The van der Waals surface area contributed by atoms with Crippen LogP contribution >= 0.6 is 0 Å². The third-order valence-electron chi connectivity index (χ3n) is 3.40. The number of carbonyl (C=O) groups is 2. The average Bonchev–Trinajstić information content (AvgIpc) is 2.95. The summed E-state index contributed by atoms with van der Waals surface area (Å²) in [5, 5.41) is 2.20. The first-order valence-electron chi connectivity index (χ1n) is 7.08. The standard InChI is InChI=1S/C16H17F2NO3/c1-10(22-15(20)8-11-4-2-3-5-11)16(21)19-14-9-12(17)6-7-13(14)18/h2,4,6-7,9-11H,3,5,8H2,1H3,(H,19,21)/t10-,11+/m0/s1. The fourth-order valence-electron chi connectivity index (χ4n) is 2.21. The van der Waals surface area contributed by atoms with Crippen molar-refractivity contribution in [2.45, 2.75) is 32.3 Å². The molecular weight excluding hydrogens is 292 g/mol. The molecule has 0 aliphatic heterocycles. The second-order valence-electron chi connectivity index (χ2n) is 5.22. The Balaban J connectivity index is 1.87. The van der Waals surface area contributed by atoms with Gasteiger partial charge < -0.3 is 10.1 Å². The molecule has 1 aliphatic rings. The van der Waals surface area contributed by atoms with Crippen LogP contribution in [-0.4, -0.2) is 18.0 Å². The van der Waals surface area contributed by atoms with E-state index in [0.29, 0.717) is 0 Å². The largest absolute Gasteiger partial charge is 0.453 e. The zero-order valence-corrected chi connectivity index (χ0v) is 12.1. The summed E-state index contributed by atoms with van der Waals surface area (Å²) in [5.41, 5.74) is -0.286. The third-order valence-corrected chi connectivity index (χ3v) is 3.40. The molecule has 118 valence electrons. The van der Waals surface area contributed by atoms with Crippen molar-refractivity contribution in [2.24, 2.45) is 5.92 Å². The van der Waals surface area contributed by atoms with Crippen LogP contribution in [0.5, 0.6) is 0 Å². The highest BCUT2D eigenvalue weighted by Gasteiger charge is 2.21. The van der Waals surface area contributed by atoms with E-state index >= 15 is 0 Å². The maximum Gasteiger partial charge on any atom is 0.307 e. The highest BCUT2D eigenvalue weighted by atomic mass is 19.1. The van der Waals surface area contributed by atoms with E-state index in [1.807, 2.05) is 12.2 Å². The van der Waals surface area contributed by atoms with Crippen molar-refractivity contribution in [3.8, 4) is 0 Å². The number of anilines is 1. The Kier molecular flexibility index (Phi) is 5.25. The predicted octanol–water partition coefficient (Wildman–Crippen LogP) is 3.19. The molecule has 2 rings (SSSR count). The molecule has 1 aliphatic carbocycles. The van der Waals surface area contributed by atoms with Gasteiger partial charge in [-0.15, -0.1) is 0 Å². The van der Waals surface area contributed by atoms with E-state index in [-0.39, 0.29) is 18.0 Å². The first-order valence-corrected chi connectivity index (χ1v) is 7.08. The number of amides is 1. The first-order chi connectivity index (χ1) is 10.5. The van der Waals surface area contributed by atoms with E-state index in [1.165, 1.54) is 6.92 Å². The molecule has 0 unspecified atom stereocenters. The van der Waals surface area contributed by atoms with Crippen molar-refractivity contribution in [1.82, 2.24) is 0 Å². The quantitative estimate of drug-likeness (QED) is 0.671. The molecule has 1 amide bonds. The van der Waals surface area contributed by atoms with Gasteiger partial charge in [-0.2, -0.15) is 0 Å². The van der Waals surface area contributed by atoms with Gasteiger partial charge in [-0.25, -0.2) is 8.78 Å². The molecular formula is C16H17F2NO3. The van der Waals surface area contributed by atoms with Crippen molar-refractivity contribution in [3.05, 3.63) is 42.0 Å². The molecule has 0 heterocycles. The van der Waals surface area contributed by atoms with E-state index in [1.54, 1.807) is 0 Å². The summed E-state index contributed by atoms with van der Waals surface area (Å²) < 4.78 is 31.5. The predicted molar refractivity (Wildman–Crippen MR) is 77.0 cm³/mol. The molecule has 0 saturated heterocycles. The monoisotopic (exact) mass is 309 g/mol. The van der Waals surface area contributed by atoms with Crippen molar-refractivity contribution in [1.29, 1.82) is 0 Å². The van der Waals surface area contributed by atoms with Crippen molar-refractivity contribution < 1.29 is 23.1 Å². The number of rotatable bonds is 5. The van der Waals surface area contributed by atoms with E-state index in [9.17, 15) is 18.4 Å². The van der Waals surface area contributed by atoms with Crippen LogP contribution in [0.3, 0.4) is 0 Å². The molecule has 0 spiro atoms. The number of halogens is 2. The van der Waals surface area contributed by atoms with Crippen LogP contribution in [0, 0.1) is 17.6 Å². The van der Waals surface area contributed by atoms with E-state index in [0.717, 1.165) is 31.0 Å². The minimum absolute atomic E-state index is 0.142. The van der Waals surface area contributed by atoms with E-state index in [4.69, 9.17) is 4.74 Å². The molecule has 0 radical (unpaired) electrons. The maximum absolute atomic E-state index is 13.4. The van der Waals surface area contributed by atoms with Gasteiger partial charge in [0.15, 0.2) is 6.10 Å². The van der Waals surface area contributed by atoms with Crippen molar-refractivity contribution >= 4 is 17.6 Å². The second-order valence-corrected chi connectivity index (χ2v) is 5.22. The van der Waals surface area contributed by atoms with E-state index < -0.39 is 29.6 Å². The molecule has 2 atom stereocenters. The molecule has 1 aromatic carbocycles. The van der Waals surface area contributed by atoms with Crippen LogP contribution < -0.4 is 5.32 Å². The minimum atomic E-state index is -1.08. The smallest absolute Gasteiger partial charge is 0.307 e. The van der Waals surface area contributed by atoms with Gasteiger partial charge in [-0.3, -0.25) is 9.59 Å². The summed E-state index contributed by atoms with van der Waals surface area (Å²) >= 11 is 0. The normalized spacial score (nSPS) is 18.0.